The normalized spacial score (nSPS) is 12.8. The van der Waals surface area contributed by atoms with Crippen molar-refractivity contribution >= 4 is 59.9 Å². The molecular weight excluding hydrogens is 897 g/mol. The maximum Gasteiger partial charge on any atom is 0.123 e. The van der Waals surface area contributed by atoms with Gasteiger partial charge in [-0.3, -0.25) is 0 Å². The highest BCUT2D eigenvalue weighted by molar-refractivity contribution is 7.25. The van der Waals surface area contributed by atoms with Crippen molar-refractivity contribution in [2.24, 2.45) is 0 Å². The largest absolute Gasteiger partial charge is 0.310 e. The molecule has 0 saturated carbocycles. The van der Waals surface area contributed by atoms with Crippen LogP contribution < -0.4 is 4.90 Å². The summed E-state index contributed by atoms with van der Waals surface area (Å²) in [6, 6.07) is 82.1. The Labute approximate surface area is 412 Å². The van der Waals surface area contributed by atoms with E-state index in [-0.39, 0.29) is 11.6 Å². The topological polar surface area (TPSA) is 3.24 Å². The van der Waals surface area contributed by atoms with Gasteiger partial charge in [-0.1, -0.05) is 164 Å². The van der Waals surface area contributed by atoms with Gasteiger partial charge in [0.15, 0.2) is 0 Å². The lowest BCUT2D eigenvalue weighted by Crippen LogP contribution is -2.26. The first-order valence-electron chi connectivity index (χ1n) is 23.5. The molecule has 2 aromatic heterocycles. The Balaban J connectivity index is 0.938. The first-order valence-corrected chi connectivity index (χ1v) is 25.2. The van der Waals surface area contributed by atoms with Crippen molar-refractivity contribution in [2.45, 2.75) is 5.41 Å². The van der Waals surface area contributed by atoms with Crippen LogP contribution in [0.3, 0.4) is 0 Å². The van der Waals surface area contributed by atoms with Crippen LogP contribution in [0.25, 0.3) is 85.6 Å². The van der Waals surface area contributed by atoms with Gasteiger partial charge in [0, 0.05) is 52.6 Å². The molecule has 0 atom stereocenters. The molecule has 0 fully saturated rings. The fourth-order valence-electron chi connectivity index (χ4n) is 11.4. The molecule has 0 saturated heterocycles. The second-order valence-electron chi connectivity index (χ2n) is 18.2. The number of halogens is 2. The maximum atomic E-state index is 14.7. The summed E-state index contributed by atoms with van der Waals surface area (Å²) in [6.07, 6.45) is 0. The summed E-state index contributed by atoms with van der Waals surface area (Å²) >= 11 is 3.58. The molecule has 0 unspecified atom stereocenters. The van der Waals surface area contributed by atoms with Crippen LogP contribution in [0.2, 0.25) is 0 Å². The van der Waals surface area contributed by atoms with Crippen LogP contribution in [0.15, 0.2) is 237 Å². The van der Waals surface area contributed by atoms with Gasteiger partial charge in [-0.15, -0.1) is 22.7 Å². The van der Waals surface area contributed by atoms with E-state index < -0.39 is 5.41 Å². The Morgan fingerprint density at radius 2 is 0.829 bits per heavy atom. The Morgan fingerprint density at radius 3 is 1.50 bits per heavy atom. The van der Waals surface area contributed by atoms with E-state index in [0.717, 1.165) is 49.8 Å². The van der Waals surface area contributed by atoms with Crippen molar-refractivity contribution in [1.82, 2.24) is 0 Å². The molecule has 12 aromatic rings. The van der Waals surface area contributed by atoms with Gasteiger partial charge in [0.2, 0.25) is 0 Å². The first-order chi connectivity index (χ1) is 34.5. The summed E-state index contributed by atoms with van der Waals surface area (Å²) < 4.78 is 31.9. The Hall–Kier alpha value is -8.22. The third-order valence-corrected chi connectivity index (χ3v) is 16.9. The van der Waals surface area contributed by atoms with Gasteiger partial charge in [-0.25, -0.2) is 8.78 Å². The molecule has 0 N–H and O–H groups in total. The smallest absolute Gasteiger partial charge is 0.123 e. The Bertz CT molecular complexity index is 3950. The number of hydrogen-bond acceptors (Lipinski definition) is 3. The lowest BCUT2D eigenvalue weighted by atomic mass is 9.69. The van der Waals surface area contributed by atoms with Crippen molar-refractivity contribution in [3.05, 3.63) is 270 Å². The molecule has 0 aliphatic heterocycles. The zero-order valence-corrected chi connectivity index (χ0v) is 39.2. The van der Waals surface area contributed by atoms with Gasteiger partial charge in [0.05, 0.1) is 5.41 Å². The minimum absolute atomic E-state index is 0.284. The number of thiophene rings is 2. The third kappa shape index (κ3) is 6.18. The van der Waals surface area contributed by atoms with Gasteiger partial charge in [0.1, 0.15) is 11.6 Å². The van der Waals surface area contributed by atoms with E-state index >= 15 is 0 Å². The molecule has 0 radical (unpaired) electrons. The average Bonchev–Trinajstić information content (AvgIpc) is 4.15. The number of fused-ring (bicyclic) bond motifs is 13. The van der Waals surface area contributed by atoms with Crippen molar-refractivity contribution < 1.29 is 8.78 Å². The molecular formula is C65H39F2NS2. The summed E-state index contributed by atoms with van der Waals surface area (Å²) in [4.78, 5) is 4.56. The molecule has 2 aliphatic carbocycles. The average molecular weight is 936 g/mol. The van der Waals surface area contributed by atoms with E-state index in [1.54, 1.807) is 23.5 Å². The summed E-state index contributed by atoms with van der Waals surface area (Å²) in [7, 11) is 0. The Morgan fingerprint density at radius 1 is 0.329 bits per heavy atom. The highest BCUT2D eigenvalue weighted by Crippen LogP contribution is 2.68. The van der Waals surface area contributed by atoms with Crippen molar-refractivity contribution in [3.63, 3.8) is 0 Å². The lowest BCUT2D eigenvalue weighted by molar-refractivity contribution is 0.627. The quantitative estimate of drug-likeness (QED) is 0.154. The zero-order chi connectivity index (χ0) is 46.5. The fraction of sp³-hybridized carbons (Fsp3) is 0.0154. The number of hydrogen-bond donors (Lipinski definition) is 0. The van der Waals surface area contributed by atoms with E-state index in [1.807, 2.05) is 35.6 Å². The second-order valence-corrected chi connectivity index (χ2v) is 20.3. The predicted molar refractivity (Wildman–Crippen MR) is 290 cm³/mol. The molecule has 0 bridgehead atoms. The molecule has 2 aliphatic rings. The summed E-state index contributed by atoms with van der Waals surface area (Å²) in [6.45, 7) is 0. The zero-order valence-electron chi connectivity index (χ0n) is 37.5. The molecule has 1 spiro atoms. The summed E-state index contributed by atoms with van der Waals surface area (Å²) in [5, 5.41) is 2.55. The number of anilines is 3. The molecule has 14 rings (SSSR count). The molecule has 70 heavy (non-hydrogen) atoms. The van der Waals surface area contributed by atoms with Crippen LogP contribution >= 0.6 is 22.7 Å². The molecule has 5 heteroatoms. The maximum absolute atomic E-state index is 14.7. The monoisotopic (exact) mass is 935 g/mol. The molecule has 10 aromatic carbocycles. The van der Waals surface area contributed by atoms with Gasteiger partial charge < -0.3 is 4.90 Å². The minimum Gasteiger partial charge on any atom is -0.310 e. The third-order valence-electron chi connectivity index (χ3n) is 14.5. The van der Waals surface area contributed by atoms with E-state index in [1.165, 1.54) is 87.3 Å². The standard InChI is InChI=1S/C65H39F2NS2/c66-46-27-18-43(19-28-46)61-62-64(70-63(61)44-20-29-47(67)30-21-44)55-38-45(26-37-58(55)65(62)56-15-7-4-12-51(56)52-13-5-8-16-57(52)65)42-24-33-49(34-25-42)68(48-31-22-41(23-32-48)40-10-2-1-3-11-40)50-35-36-54-53-14-6-9-17-59(53)69-60(54)39-50/h1-39H. The van der Waals surface area contributed by atoms with Crippen LogP contribution in [0.4, 0.5) is 25.8 Å². The van der Waals surface area contributed by atoms with E-state index in [0.29, 0.717) is 0 Å². The first kappa shape index (κ1) is 40.8. The summed E-state index contributed by atoms with van der Waals surface area (Å²) in [5.41, 5.74) is 18.5. The van der Waals surface area contributed by atoms with Crippen LogP contribution in [-0.2, 0) is 5.41 Å². The van der Waals surface area contributed by atoms with Crippen molar-refractivity contribution in [2.75, 3.05) is 4.90 Å². The van der Waals surface area contributed by atoms with Crippen LogP contribution in [0.5, 0.6) is 0 Å². The number of rotatable bonds is 7. The summed E-state index contributed by atoms with van der Waals surface area (Å²) in [5.74, 6) is -0.570. The van der Waals surface area contributed by atoms with E-state index in [4.69, 9.17) is 0 Å². The van der Waals surface area contributed by atoms with Gasteiger partial charge in [0.25, 0.3) is 0 Å². The SMILES string of the molecule is Fc1ccc(-c2sc3c(c2-c2ccc(F)cc2)C2(c4ccccc4-c4ccccc42)c2ccc(-c4ccc(N(c5ccc(-c6ccccc6)cc5)c5ccc6c(c5)sc5ccccc56)cc4)cc2-3)cc1. The molecule has 2 heterocycles. The van der Waals surface area contributed by atoms with Crippen molar-refractivity contribution in [1.29, 1.82) is 0 Å². The minimum atomic E-state index is -0.648. The van der Waals surface area contributed by atoms with Gasteiger partial charge in [-0.05, 0) is 145 Å². The molecule has 330 valence electrons. The van der Waals surface area contributed by atoms with Crippen molar-refractivity contribution in [3.8, 4) is 65.4 Å². The van der Waals surface area contributed by atoms with Crippen LogP contribution in [0, 0.1) is 11.6 Å². The van der Waals surface area contributed by atoms with Crippen LogP contribution in [0.1, 0.15) is 22.3 Å². The number of nitrogens with zero attached hydrogens (tertiary/aromatic N) is 1. The van der Waals surface area contributed by atoms with E-state index in [9.17, 15) is 8.78 Å². The highest BCUT2D eigenvalue weighted by atomic mass is 32.1. The second kappa shape index (κ2) is 15.9. The fourth-order valence-corrected chi connectivity index (χ4v) is 13.9. The molecule has 1 nitrogen and oxygen atoms in total. The number of benzene rings is 10. The van der Waals surface area contributed by atoms with Crippen LogP contribution in [-0.4, -0.2) is 0 Å². The Kier molecular flexibility index (Phi) is 9.29. The predicted octanol–water partition coefficient (Wildman–Crippen LogP) is 18.9. The van der Waals surface area contributed by atoms with Gasteiger partial charge >= 0.3 is 0 Å². The lowest BCUT2D eigenvalue weighted by Gasteiger charge is -2.31. The van der Waals surface area contributed by atoms with Gasteiger partial charge in [-0.2, -0.15) is 0 Å². The molecule has 0 amide bonds. The van der Waals surface area contributed by atoms with E-state index in [2.05, 4.69) is 193 Å². The highest BCUT2D eigenvalue weighted by Gasteiger charge is 2.54.